The standard InChI is InChI=1S/C14H23NO/c1-11(2)14(9-15,10-16)8-13-6-4-12(3)5-7-13/h4-7,11,16H,8-10,15H2,1-3H3. The lowest BCUT2D eigenvalue weighted by molar-refractivity contribution is 0.0843. The first-order chi connectivity index (χ1) is 7.54. The summed E-state index contributed by atoms with van der Waals surface area (Å²) in [4.78, 5) is 0. The van der Waals surface area contributed by atoms with E-state index in [0.29, 0.717) is 12.5 Å². The summed E-state index contributed by atoms with van der Waals surface area (Å²) in [6.07, 6.45) is 0.845. The lowest BCUT2D eigenvalue weighted by Crippen LogP contribution is -2.41. The van der Waals surface area contributed by atoms with Crippen molar-refractivity contribution in [1.29, 1.82) is 0 Å². The molecule has 0 aliphatic rings. The van der Waals surface area contributed by atoms with Crippen molar-refractivity contribution in [2.24, 2.45) is 17.1 Å². The molecule has 90 valence electrons. The normalized spacial score (nSPS) is 15.1. The second-order valence-electron chi connectivity index (χ2n) is 5.04. The third-order valence-electron chi connectivity index (χ3n) is 3.62. The highest BCUT2D eigenvalue weighted by atomic mass is 16.3. The van der Waals surface area contributed by atoms with Gasteiger partial charge in [0, 0.05) is 12.0 Å². The van der Waals surface area contributed by atoms with Crippen molar-refractivity contribution < 1.29 is 5.11 Å². The van der Waals surface area contributed by atoms with E-state index < -0.39 is 0 Å². The molecule has 0 saturated heterocycles. The van der Waals surface area contributed by atoms with E-state index in [0.717, 1.165) is 6.42 Å². The van der Waals surface area contributed by atoms with E-state index in [9.17, 15) is 5.11 Å². The number of hydrogen-bond donors (Lipinski definition) is 2. The van der Waals surface area contributed by atoms with Gasteiger partial charge in [-0.05, 0) is 24.8 Å². The highest BCUT2D eigenvalue weighted by molar-refractivity contribution is 5.22. The average Bonchev–Trinajstić information content (AvgIpc) is 2.28. The van der Waals surface area contributed by atoms with Crippen LogP contribution in [0.1, 0.15) is 25.0 Å². The van der Waals surface area contributed by atoms with Crippen LogP contribution in [-0.4, -0.2) is 18.3 Å². The third kappa shape index (κ3) is 2.83. The van der Waals surface area contributed by atoms with Crippen LogP contribution in [0.4, 0.5) is 0 Å². The van der Waals surface area contributed by atoms with Gasteiger partial charge in [0.05, 0.1) is 6.61 Å². The molecule has 0 spiro atoms. The number of aliphatic hydroxyl groups excluding tert-OH is 1. The van der Waals surface area contributed by atoms with E-state index in [1.165, 1.54) is 11.1 Å². The Bertz CT molecular complexity index is 312. The SMILES string of the molecule is Cc1ccc(CC(CN)(CO)C(C)C)cc1. The van der Waals surface area contributed by atoms with Crippen molar-refractivity contribution in [2.75, 3.05) is 13.2 Å². The van der Waals surface area contributed by atoms with Crippen molar-refractivity contribution in [2.45, 2.75) is 27.2 Å². The van der Waals surface area contributed by atoms with Crippen LogP contribution in [0.15, 0.2) is 24.3 Å². The van der Waals surface area contributed by atoms with Crippen LogP contribution in [0.25, 0.3) is 0 Å². The summed E-state index contributed by atoms with van der Waals surface area (Å²) >= 11 is 0. The second-order valence-corrected chi connectivity index (χ2v) is 5.04. The Morgan fingerprint density at radius 1 is 1.25 bits per heavy atom. The van der Waals surface area contributed by atoms with Gasteiger partial charge in [0.2, 0.25) is 0 Å². The number of benzene rings is 1. The molecule has 0 radical (unpaired) electrons. The molecule has 1 aromatic rings. The Labute approximate surface area is 98.5 Å². The van der Waals surface area contributed by atoms with Crippen LogP contribution in [0.5, 0.6) is 0 Å². The van der Waals surface area contributed by atoms with Crippen LogP contribution in [0.3, 0.4) is 0 Å². The molecule has 16 heavy (non-hydrogen) atoms. The largest absolute Gasteiger partial charge is 0.396 e. The van der Waals surface area contributed by atoms with Crippen molar-refractivity contribution in [3.63, 3.8) is 0 Å². The fourth-order valence-corrected chi connectivity index (χ4v) is 1.93. The summed E-state index contributed by atoms with van der Waals surface area (Å²) in [5.41, 5.74) is 8.16. The van der Waals surface area contributed by atoms with Gasteiger partial charge >= 0.3 is 0 Å². The molecule has 1 unspecified atom stereocenters. The monoisotopic (exact) mass is 221 g/mol. The second kappa shape index (κ2) is 5.46. The van der Waals surface area contributed by atoms with Crippen molar-refractivity contribution in [3.8, 4) is 0 Å². The number of hydrogen-bond acceptors (Lipinski definition) is 2. The third-order valence-corrected chi connectivity index (χ3v) is 3.62. The highest BCUT2D eigenvalue weighted by Gasteiger charge is 2.31. The maximum absolute atomic E-state index is 9.58. The molecule has 0 fully saturated rings. The summed E-state index contributed by atoms with van der Waals surface area (Å²) < 4.78 is 0. The van der Waals surface area contributed by atoms with Gasteiger partial charge in [-0.15, -0.1) is 0 Å². The predicted octanol–water partition coefficient (Wildman–Crippen LogP) is 2.13. The zero-order valence-corrected chi connectivity index (χ0v) is 10.5. The van der Waals surface area contributed by atoms with E-state index >= 15 is 0 Å². The lowest BCUT2D eigenvalue weighted by atomic mass is 9.73. The summed E-state index contributed by atoms with van der Waals surface area (Å²) in [6, 6.07) is 8.46. The molecule has 2 nitrogen and oxygen atoms in total. The molecular weight excluding hydrogens is 198 g/mol. The van der Waals surface area contributed by atoms with Crippen molar-refractivity contribution in [3.05, 3.63) is 35.4 Å². The number of rotatable bonds is 5. The molecule has 1 aromatic carbocycles. The minimum absolute atomic E-state index is 0.148. The van der Waals surface area contributed by atoms with Gasteiger partial charge in [-0.25, -0.2) is 0 Å². The first-order valence-electron chi connectivity index (χ1n) is 5.90. The van der Waals surface area contributed by atoms with Gasteiger partial charge in [-0.2, -0.15) is 0 Å². The van der Waals surface area contributed by atoms with E-state index in [2.05, 4.69) is 45.0 Å². The summed E-state index contributed by atoms with van der Waals surface area (Å²) in [5.74, 6) is 0.379. The fraction of sp³-hybridized carbons (Fsp3) is 0.571. The molecule has 0 heterocycles. The first kappa shape index (κ1) is 13.2. The minimum atomic E-state index is -0.185. The van der Waals surface area contributed by atoms with Gasteiger partial charge in [0.1, 0.15) is 0 Å². The Morgan fingerprint density at radius 3 is 2.19 bits per heavy atom. The molecule has 1 rings (SSSR count). The maximum Gasteiger partial charge on any atom is 0.0505 e. The van der Waals surface area contributed by atoms with E-state index in [4.69, 9.17) is 5.73 Å². The van der Waals surface area contributed by atoms with Crippen LogP contribution >= 0.6 is 0 Å². The molecule has 0 aliphatic heterocycles. The molecule has 0 amide bonds. The lowest BCUT2D eigenvalue weighted by Gasteiger charge is -2.34. The smallest absolute Gasteiger partial charge is 0.0505 e. The fourth-order valence-electron chi connectivity index (χ4n) is 1.93. The minimum Gasteiger partial charge on any atom is -0.396 e. The molecule has 0 aromatic heterocycles. The summed E-state index contributed by atoms with van der Waals surface area (Å²) in [5, 5.41) is 9.58. The van der Waals surface area contributed by atoms with Gasteiger partial charge in [-0.3, -0.25) is 0 Å². The van der Waals surface area contributed by atoms with E-state index in [1.807, 2.05) is 0 Å². The van der Waals surface area contributed by atoms with Gasteiger partial charge < -0.3 is 10.8 Å². The molecule has 0 bridgehead atoms. The zero-order chi connectivity index (χ0) is 12.2. The van der Waals surface area contributed by atoms with Gasteiger partial charge in [-0.1, -0.05) is 43.7 Å². The van der Waals surface area contributed by atoms with Crippen molar-refractivity contribution >= 4 is 0 Å². The highest BCUT2D eigenvalue weighted by Crippen LogP contribution is 2.30. The van der Waals surface area contributed by atoms with Crippen LogP contribution in [0.2, 0.25) is 0 Å². The molecule has 0 aliphatic carbocycles. The quantitative estimate of drug-likeness (QED) is 0.800. The molecule has 3 N–H and O–H groups in total. The van der Waals surface area contributed by atoms with Crippen LogP contribution in [-0.2, 0) is 6.42 Å². The van der Waals surface area contributed by atoms with Gasteiger partial charge in [0.25, 0.3) is 0 Å². The number of aliphatic hydroxyl groups is 1. The van der Waals surface area contributed by atoms with Crippen LogP contribution < -0.4 is 5.73 Å². The van der Waals surface area contributed by atoms with E-state index in [-0.39, 0.29) is 12.0 Å². The first-order valence-corrected chi connectivity index (χ1v) is 5.90. The zero-order valence-electron chi connectivity index (χ0n) is 10.5. The molecular formula is C14H23NO. The maximum atomic E-state index is 9.58. The molecule has 2 heteroatoms. The Kier molecular flexibility index (Phi) is 4.51. The number of aryl methyl sites for hydroxylation is 1. The Morgan fingerprint density at radius 2 is 1.81 bits per heavy atom. The summed E-state index contributed by atoms with van der Waals surface area (Å²) in [7, 11) is 0. The summed E-state index contributed by atoms with van der Waals surface area (Å²) in [6.45, 7) is 6.99. The average molecular weight is 221 g/mol. The Balaban J connectivity index is 2.87. The topological polar surface area (TPSA) is 46.2 Å². The molecule has 0 saturated carbocycles. The Hall–Kier alpha value is -0.860. The van der Waals surface area contributed by atoms with Crippen LogP contribution in [0, 0.1) is 18.3 Å². The van der Waals surface area contributed by atoms with Crippen molar-refractivity contribution in [1.82, 2.24) is 0 Å². The van der Waals surface area contributed by atoms with Gasteiger partial charge in [0.15, 0.2) is 0 Å². The predicted molar refractivity (Wildman–Crippen MR) is 68.3 cm³/mol. The van der Waals surface area contributed by atoms with E-state index in [1.54, 1.807) is 0 Å². The molecule has 1 atom stereocenters. The number of nitrogens with two attached hydrogens (primary N) is 1.